The van der Waals surface area contributed by atoms with E-state index in [0.29, 0.717) is 13.0 Å². The average molecular weight is 183 g/mol. The molecule has 0 aromatic carbocycles. The number of carbonyl (C=O) groups is 1. The molecule has 1 N–H and O–H groups in total. The maximum Gasteiger partial charge on any atom is 0.307 e. The molecule has 72 valence electrons. The molecule has 0 bridgehead atoms. The van der Waals surface area contributed by atoms with E-state index in [1.165, 1.54) is 0 Å². The van der Waals surface area contributed by atoms with Gasteiger partial charge in [0.2, 0.25) is 0 Å². The minimum atomic E-state index is -0.275. The third-order valence-corrected chi connectivity index (χ3v) is 1.59. The first-order valence-electron chi connectivity index (χ1n) is 4.20. The van der Waals surface area contributed by atoms with Crippen LogP contribution < -0.4 is 0 Å². The van der Waals surface area contributed by atoms with Crippen LogP contribution in [0.5, 0.6) is 0 Å². The Morgan fingerprint density at radius 1 is 1.38 bits per heavy atom. The van der Waals surface area contributed by atoms with Crippen LogP contribution in [0.25, 0.3) is 0 Å². The molecule has 4 nitrogen and oxygen atoms in total. The summed E-state index contributed by atoms with van der Waals surface area (Å²) >= 11 is 0. The van der Waals surface area contributed by atoms with Gasteiger partial charge in [0.25, 0.3) is 0 Å². The fourth-order valence-electron chi connectivity index (χ4n) is 0.971. The van der Waals surface area contributed by atoms with E-state index in [0.717, 1.165) is 0 Å². The van der Waals surface area contributed by atoms with E-state index >= 15 is 0 Å². The van der Waals surface area contributed by atoms with Crippen molar-refractivity contribution >= 4 is 5.97 Å². The Labute approximate surface area is 76.7 Å². The molecule has 0 fully saturated rings. The van der Waals surface area contributed by atoms with Gasteiger partial charge in [-0.3, -0.25) is 4.79 Å². The zero-order chi connectivity index (χ0) is 9.52. The lowest BCUT2D eigenvalue weighted by Gasteiger charge is -2.03. The molecule has 0 amide bonds. The fourth-order valence-corrected chi connectivity index (χ4v) is 0.971. The van der Waals surface area contributed by atoms with E-state index < -0.39 is 0 Å². The molecule has 0 spiro atoms. The zero-order valence-electron chi connectivity index (χ0n) is 7.35. The van der Waals surface area contributed by atoms with Crippen LogP contribution >= 0.6 is 0 Å². The average Bonchev–Trinajstić information content (AvgIpc) is 2.64. The molecule has 0 radical (unpaired) electrons. The molecule has 13 heavy (non-hydrogen) atoms. The highest BCUT2D eigenvalue weighted by atomic mass is 16.5. The van der Waals surface area contributed by atoms with E-state index in [1.54, 1.807) is 0 Å². The van der Waals surface area contributed by atoms with Gasteiger partial charge in [0, 0.05) is 18.9 Å². The molecular formula is C9H13NO3. The van der Waals surface area contributed by atoms with Crippen molar-refractivity contribution in [3.8, 4) is 0 Å². The van der Waals surface area contributed by atoms with Gasteiger partial charge in [0.05, 0.1) is 13.0 Å². The molecule has 1 rings (SSSR count). The van der Waals surface area contributed by atoms with Gasteiger partial charge >= 0.3 is 5.97 Å². The van der Waals surface area contributed by atoms with Crippen molar-refractivity contribution < 1.29 is 14.6 Å². The topological polar surface area (TPSA) is 51.5 Å². The number of hydrogen-bond donors (Lipinski definition) is 1. The molecule has 0 saturated carbocycles. The number of carbonyl (C=O) groups excluding carboxylic acids is 1. The predicted molar refractivity (Wildman–Crippen MR) is 47.1 cm³/mol. The van der Waals surface area contributed by atoms with E-state index in [1.807, 2.05) is 29.1 Å². The van der Waals surface area contributed by atoms with Crippen LogP contribution in [0.4, 0.5) is 0 Å². The Kier molecular flexibility index (Phi) is 4.05. The molecule has 1 heterocycles. The van der Waals surface area contributed by atoms with E-state index in [-0.39, 0.29) is 19.2 Å². The van der Waals surface area contributed by atoms with Crippen molar-refractivity contribution in [3.05, 3.63) is 24.5 Å². The standard InChI is InChI=1S/C9H13NO3/c11-7-8-13-9(12)3-6-10-4-1-2-5-10/h1-2,4-5,11H,3,6-8H2. The maximum atomic E-state index is 11.0. The number of rotatable bonds is 5. The quantitative estimate of drug-likeness (QED) is 0.673. The number of nitrogens with zero attached hydrogens (tertiary/aromatic N) is 1. The van der Waals surface area contributed by atoms with Crippen LogP contribution in [0.1, 0.15) is 6.42 Å². The minimum absolute atomic E-state index is 0.0878. The summed E-state index contributed by atoms with van der Waals surface area (Å²) < 4.78 is 6.59. The number of ether oxygens (including phenoxy) is 1. The highest BCUT2D eigenvalue weighted by Crippen LogP contribution is 1.94. The lowest BCUT2D eigenvalue weighted by molar-refractivity contribution is -0.144. The number of aliphatic hydroxyl groups is 1. The number of aliphatic hydroxyl groups excluding tert-OH is 1. The molecule has 1 aromatic heterocycles. The van der Waals surface area contributed by atoms with Gasteiger partial charge in [-0.2, -0.15) is 0 Å². The van der Waals surface area contributed by atoms with Crippen LogP contribution in [0.15, 0.2) is 24.5 Å². The lowest BCUT2D eigenvalue weighted by Crippen LogP contribution is -2.10. The first kappa shape index (κ1) is 9.80. The normalized spacial score (nSPS) is 9.92. The van der Waals surface area contributed by atoms with Crippen LogP contribution in [0.3, 0.4) is 0 Å². The molecule has 1 aromatic rings. The lowest BCUT2D eigenvalue weighted by atomic mass is 10.4. The predicted octanol–water partition coefficient (Wildman–Crippen LogP) is 0.414. The molecule has 0 saturated heterocycles. The van der Waals surface area contributed by atoms with Gasteiger partial charge in [-0.15, -0.1) is 0 Å². The van der Waals surface area contributed by atoms with E-state index in [2.05, 4.69) is 4.74 Å². The summed E-state index contributed by atoms with van der Waals surface area (Å²) in [6.45, 7) is 0.594. The Morgan fingerprint density at radius 3 is 2.69 bits per heavy atom. The van der Waals surface area contributed by atoms with Crippen molar-refractivity contribution in [3.63, 3.8) is 0 Å². The van der Waals surface area contributed by atoms with E-state index in [9.17, 15) is 4.79 Å². The monoisotopic (exact) mass is 183 g/mol. The second kappa shape index (κ2) is 5.37. The summed E-state index contributed by atoms with van der Waals surface area (Å²) in [5.74, 6) is -0.275. The first-order chi connectivity index (χ1) is 6.33. The molecule has 0 aliphatic heterocycles. The summed E-state index contributed by atoms with van der Waals surface area (Å²) in [6.07, 6.45) is 4.12. The van der Waals surface area contributed by atoms with Gasteiger partial charge in [0.15, 0.2) is 0 Å². The highest BCUT2D eigenvalue weighted by Gasteiger charge is 2.01. The van der Waals surface area contributed by atoms with Crippen molar-refractivity contribution in [2.45, 2.75) is 13.0 Å². The number of aryl methyl sites for hydroxylation is 1. The van der Waals surface area contributed by atoms with Gasteiger partial charge in [0.1, 0.15) is 6.61 Å². The minimum Gasteiger partial charge on any atom is -0.463 e. The third-order valence-electron chi connectivity index (χ3n) is 1.59. The van der Waals surface area contributed by atoms with E-state index in [4.69, 9.17) is 5.11 Å². The molecule has 0 atom stereocenters. The SMILES string of the molecule is O=C(CCn1cccc1)OCCO. The maximum absolute atomic E-state index is 11.0. The number of esters is 1. The third kappa shape index (κ3) is 3.75. The van der Waals surface area contributed by atoms with Crippen molar-refractivity contribution in [2.24, 2.45) is 0 Å². The Bertz CT molecular complexity index is 243. The van der Waals surface area contributed by atoms with Crippen LogP contribution in [0, 0.1) is 0 Å². The number of hydrogen-bond acceptors (Lipinski definition) is 3. The Hall–Kier alpha value is -1.29. The summed E-state index contributed by atoms with van der Waals surface area (Å²) in [5.41, 5.74) is 0. The summed E-state index contributed by atoms with van der Waals surface area (Å²) in [4.78, 5) is 11.0. The molecular weight excluding hydrogens is 170 g/mol. The highest BCUT2D eigenvalue weighted by molar-refractivity contribution is 5.69. The number of aromatic nitrogens is 1. The molecule has 0 aliphatic carbocycles. The second-order valence-corrected chi connectivity index (χ2v) is 2.61. The van der Waals surface area contributed by atoms with Gasteiger partial charge in [-0.1, -0.05) is 0 Å². The van der Waals surface area contributed by atoms with Crippen LogP contribution in [-0.4, -0.2) is 28.9 Å². The molecule has 0 aliphatic rings. The largest absolute Gasteiger partial charge is 0.463 e. The van der Waals surface area contributed by atoms with Gasteiger partial charge < -0.3 is 14.4 Å². The summed E-state index contributed by atoms with van der Waals surface area (Å²) in [7, 11) is 0. The Balaban J connectivity index is 2.15. The van der Waals surface area contributed by atoms with Crippen molar-refractivity contribution in [1.82, 2.24) is 4.57 Å². The van der Waals surface area contributed by atoms with Crippen molar-refractivity contribution in [1.29, 1.82) is 0 Å². The fraction of sp³-hybridized carbons (Fsp3) is 0.444. The van der Waals surface area contributed by atoms with Crippen LogP contribution in [0.2, 0.25) is 0 Å². The smallest absolute Gasteiger partial charge is 0.307 e. The summed E-state index contributed by atoms with van der Waals surface area (Å²) in [5, 5.41) is 8.38. The zero-order valence-corrected chi connectivity index (χ0v) is 7.35. The van der Waals surface area contributed by atoms with Gasteiger partial charge in [-0.25, -0.2) is 0 Å². The summed E-state index contributed by atoms with van der Waals surface area (Å²) in [6, 6.07) is 3.80. The second-order valence-electron chi connectivity index (χ2n) is 2.61. The Morgan fingerprint density at radius 2 is 2.08 bits per heavy atom. The van der Waals surface area contributed by atoms with Gasteiger partial charge in [-0.05, 0) is 12.1 Å². The molecule has 0 unspecified atom stereocenters. The van der Waals surface area contributed by atoms with Crippen molar-refractivity contribution in [2.75, 3.05) is 13.2 Å². The van der Waals surface area contributed by atoms with Crippen LogP contribution in [-0.2, 0) is 16.1 Å². The first-order valence-corrected chi connectivity index (χ1v) is 4.20. The molecule has 4 heteroatoms.